The number of rotatable bonds is 9. The Morgan fingerprint density at radius 2 is 1.68 bits per heavy atom. The first-order valence-electron chi connectivity index (χ1n) is 13.3. The molecule has 3 amide bonds. The third-order valence-corrected chi connectivity index (χ3v) is 6.78. The zero-order valence-corrected chi connectivity index (χ0v) is 22.2. The molecule has 0 aromatic rings. The average Bonchev–Trinajstić information content (AvgIpc) is 3.61. The van der Waals surface area contributed by atoms with E-state index in [0.29, 0.717) is 31.8 Å². The number of hydrogen-bond acceptors (Lipinski definition) is 7. The van der Waals surface area contributed by atoms with Crippen LogP contribution in [0.25, 0.3) is 0 Å². The summed E-state index contributed by atoms with van der Waals surface area (Å²) in [5.41, 5.74) is -0.532. The van der Waals surface area contributed by atoms with Gasteiger partial charge in [0.25, 0.3) is 0 Å². The van der Waals surface area contributed by atoms with Crippen LogP contribution in [-0.4, -0.2) is 79.8 Å². The van der Waals surface area contributed by atoms with Gasteiger partial charge in [-0.05, 0) is 84.6 Å². The Morgan fingerprint density at radius 3 is 2.27 bits per heavy atom. The summed E-state index contributed by atoms with van der Waals surface area (Å²) in [5.74, 6) is 0.584. The number of nitrogens with zero attached hydrogens (tertiary/aromatic N) is 1. The van der Waals surface area contributed by atoms with Crippen LogP contribution in [0.3, 0.4) is 0 Å². The number of halogens is 3. The van der Waals surface area contributed by atoms with Crippen LogP contribution in [0.1, 0.15) is 72.1 Å². The highest BCUT2D eigenvalue weighted by Crippen LogP contribution is 2.35. The predicted octanol–water partition coefficient (Wildman–Crippen LogP) is 2.95. The summed E-state index contributed by atoms with van der Waals surface area (Å²) in [7, 11) is 1.72. The number of ether oxygens (including phenoxy) is 2. The first kappa shape index (κ1) is 29.7. The molecule has 2 aliphatic carbocycles. The molecule has 3 unspecified atom stereocenters. The summed E-state index contributed by atoms with van der Waals surface area (Å²) in [4.78, 5) is 26.3. The molecule has 0 spiro atoms. The van der Waals surface area contributed by atoms with Gasteiger partial charge in [-0.25, -0.2) is 9.59 Å². The van der Waals surface area contributed by atoms with Gasteiger partial charge in [0.15, 0.2) is 0 Å². The standard InChI is InChI=1S/C24H43F3N6O4/c1-23(2,3)37-22(35)33(4)13-5-12-28-19-14-18(15-6-7-15)30-20(31-19)32-21(34)29-16-8-10-17(11-9-16)36-24(25,26)27/h15-20,28,30-31H,5-14H2,1-4H3,(H2,29,32,34). The molecule has 1 heterocycles. The van der Waals surface area contributed by atoms with Crippen molar-refractivity contribution in [1.29, 1.82) is 0 Å². The van der Waals surface area contributed by atoms with Crippen molar-refractivity contribution in [1.82, 2.24) is 31.5 Å². The molecule has 13 heteroatoms. The van der Waals surface area contributed by atoms with Crippen LogP contribution in [0.2, 0.25) is 0 Å². The molecule has 2 saturated carbocycles. The van der Waals surface area contributed by atoms with E-state index in [9.17, 15) is 22.8 Å². The van der Waals surface area contributed by atoms with E-state index in [4.69, 9.17) is 4.74 Å². The Morgan fingerprint density at radius 1 is 1.00 bits per heavy atom. The number of alkyl halides is 3. The van der Waals surface area contributed by atoms with E-state index in [0.717, 1.165) is 25.7 Å². The van der Waals surface area contributed by atoms with Gasteiger partial charge in [0, 0.05) is 25.7 Å². The van der Waals surface area contributed by atoms with Crippen LogP contribution < -0.4 is 26.6 Å². The van der Waals surface area contributed by atoms with Gasteiger partial charge in [0.1, 0.15) is 11.9 Å². The molecule has 3 atom stereocenters. The van der Waals surface area contributed by atoms with Crippen LogP contribution >= 0.6 is 0 Å². The SMILES string of the molecule is CN(CCCNC1CC(C2CC2)NC(NC(=O)NC2CCC(OC(F)(F)F)CC2)N1)C(=O)OC(C)(C)C. The van der Waals surface area contributed by atoms with Gasteiger partial charge in [-0.15, -0.1) is 13.2 Å². The lowest BCUT2D eigenvalue weighted by Gasteiger charge is -2.39. The lowest BCUT2D eigenvalue weighted by molar-refractivity contribution is -0.345. The van der Waals surface area contributed by atoms with Crippen LogP contribution in [-0.2, 0) is 9.47 Å². The normalized spacial score (nSPS) is 28.9. The maximum atomic E-state index is 12.6. The largest absolute Gasteiger partial charge is 0.522 e. The molecule has 3 aliphatic rings. The summed E-state index contributed by atoms with van der Waals surface area (Å²) in [5, 5.41) is 16.1. The highest BCUT2D eigenvalue weighted by atomic mass is 19.4. The van der Waals surface area contributed by atoms with Crippen molar-refractivity contribution >= 4 is 12.1 Å². The fraction of sp³-hybridized carbons (Fsp3) is 0.917. The van der Waals surface area contributed by atoms with Crippen LogP contribution in [0.15, 0.2) is 0 Å². The van der Waals surface area contributed by atoms with E-state index in [-0.39, 0.29) is 43.2 Å². The van der Waals surface area contributed by atoms with Gasteiger partial charge in [0.05, 0.1) is 12.3 Å². The zero-order valence-electron chi connectivity index (χ0n) is 22.2. The number of carbonyl (C=O) groups is 2. The second-order valence-corrected chi connectivity index (χ2v) is 11.4. The summed E-state index contributed by atoms with van der Waals surface area (Å²) in [6.07, 6.45) is -0.964. The highest BCUT2D eigenvalue weighted by Gasteiger charge is 2.38. The van der Waals surface area contributed by atoms with Crippen molar-refractivity contribution in [2.24, 2.45) is 5.92 Å². The minimum atomic E-state index is -4.63. The van der Waals surface area contributed by atoms with E-state index in [2.05, 4.69) is 31.3 Å². The summed E-state index contributed by atoms with van der Waals surface area (Å²) < 4.78 is 46.7. The summed E-state index contributed by atoms with van der Waals surface area (Å²) >= 11 is 0. The Hall–Kier alpha value is -1.83. The fourth-order valence-corrected chi connectivity index (χ4v) is 4.80. The average molecular weight is 537 g/mol. The van der Waals surface area contributed by atoms with Crippen molar-refractivity contribution in [2.75, 3.05) is 20.1 Å². The fourth-order valence-electron chi connectivity index (χ4n) is 4.80. The Balaban J connectivity index is 1.38. The summed E-state index contributed by atoms with van der Waals surface area (Å²) in [6, 6.07) is -0.283. The number of hydrogen-bond donors (Lipinski definition) is 5. The van der Waals surface area contributed by atoms with Crippen molar-refractivity contribution in [3.63, 3.8) is 0 Å². The molecular formula is C24H43F3N6O4. The maximum absolute atomic E-state index is 12.6. The van der Waals surface area contributed by atoms with E-state index < -0.39 is 24.4 Å². The molecule has 0 radical (unpaired) electrons. The Kier molecular flexibility index (Phi) is 10.3. The molecular weight excluding hydrogens is 493 g/mol. The summed E-state index contributed by atoms with van der Waals surface area (Å²) in [6.45, 7) is 6.75. The van der Waals surface area contributed by atoms with Gasteiger partial charge in [-0.1, -0.05) is 0 Å². The smallest absolute Gasteiger partial charge is 0.444 e. The minimum absolute atomic E-state index is 0.0149. The van der Waals surface area contributed by atoms with Gasteiger partial charge in [-0.2, -0.15) is 0 Å². The van der Waals surface area contributed by atoms with Crippen molar-refractivity contribution < 1.29 is 32.2 Å². The van der Waals surface area contributed by atoms with Crippen molar-refractivity contribution in [3.8, 4) is 0 Å². The van der Waals surface area contributed by atoms with Gasteiger partial charge in [-0.3, -0.25) is 15.4 Å². The van der Waals surface area contributed by atoms with Crippen molar-refractivity contribution in [3.05, 3.63) is 0 Å². The Labute approximate surface area is 217 Å². The van der Waals surface area contributed by atoms with Crippen molar-refractivity contribution in [2.45, 2.75) is 115 Å². The lowest BCUT2D eigenvalue weighted by atomic mass is 9.93. The second kappa shape index (κ2) is 12.8. The second-order valence-electron chi connectivity index (χ2n) is 11.4. The molecule has 214 valence electrons. The highest BCUT2D eigenvalue weighted by molar-refractivity contribution is 5.74. The molecule has 0 aromatic carbocycles. The molecule has 37 heavy (non-hydrogen) atoms. The number of urea groups is 1. The molecule has 1 aliphatic heterocycles. The molecule has 3 rings (SSSR count). The third-order valence-electron chi connectivity index (χ3n) is 6.78. The van der Waals surface area contributed by atoms with Crippen LogP contribution in [0.4, 0.5) is 22.8 Å². The third kappa shape index (κ3) is 11.2. The van der Waals surface area contributed by atoms with Gasteiger partial charge < -0.3 is 25.6 Å². The lowest BCUT2D eigenvalue weighted by Crippen LogP contribution is -2.69. The predicted molar refractivity (Wildman–Crippen MR) is 131 cm³/mol. The molecule has 10 nitrogen and oxygen atoms in total. The van der Waals surface area contributed by atoms with E-state index >= 15 is 0 Å². The zero-order chi connectivity index (χ0) is 27.2. The quantitative estimate of drug-likeness (QED) is 0.288. The van der Waals surface area contributed by atoms with E-state index in [1.807, 2.05) is 20.8 Å². The maximum Gasteiger partial charge on any atom is 0.522 e. The number of carbonyl (C=O) groups excluding carboxylic acids is 2. The minimum Gasteiger partial charge on any atom is -0.444 e. The first-order valence-corrected chi connectivity index (χ1v) is 13.3. The van der Waals surface area contributed by atoms with E-state index in [1.165, 1.54) is 0 Å². The molecule has 3 fully saturated rings. The van der Waals surface area contributed by atoms with E-state index in [1.54, 1.807) is 11.9 Å². The topological polar surface area (TPSA) is 116 Å². The molecule has 5 N–H and O–H groups in total. The Bertz CT molecular complexity index is 754. The molecule has 0 aromatic heterocycles. The molecule has 1 saturated heterocycles. The van der Waals surface area contributed by atoms with Gasteiger partial charge in [0.2, 0.25) is 0 Å². The number of nitrogens with one attached hydrogen (secondary N) is 5. The first-order chi connectivity index (χ1) is 17.3. The van der Waals surface area contributed by atoms with Crippen LogP contribution in [0, 0.1) is 5.92 Å². The monoisotopic (exact) mass is 536 g/mol. The molecule has 0 bridgehead atoms. The van der Waals surface area contributed by atoms with Gasteiger partial charge >= 0.3 is 18.5 Å². The van der Waals surface area contributed by atoms with Crippen LogP contribution in [0.5, 0.6) is 0 Å². The number of amides is 3.